The quantitative estimate of drug-likeness (QED) is 0.617. The van der Waals surface area contributed by atoms with Gasteiger partial charge < -0.3 is 10.1 Å². The number of hydrogen-bond acceptors (Lipinski definition) is 4. The molecule has 0 atom stereocenters. The summed E-state index contributed by atoms with van der Waals surface area (Å²) >= 11 is 1.41. The third-order valence-corrected chi connectivity index (χ3v) is 5.46. The largest absolute Gasteiger partial charge is 0.489 e. The number of anilines is 1. The summed E-state index contributed by atoms with van der Waals surface area (Å²) in [4.78, 5) is 13.1. The highest BCUT2D eigenvalue weighted by Gasteiger charge is 2.13. The van der Waals surface area contributed by atoms with Crippen LogP contribution < -0.4 is 10.1 Å². The highest BCUT2D eigenvalue weighted by molar-refractivity contribution is 7.12. The summed E-state index contributed by atoms with van der Waals surface area (Å²) in [5.74, 6) is 1.33. The van der Waals surface area contributed by atoms with Crippen LogP contribution in [0.15, 0.2) is 35.7 Å². The van der Waals surface area contributed by atoms with Crippen molar-refractivity contribution < 1.29 is 9.53 Å². The average molecular weight is 384 g/mol. The first kappa shape index (κ1) is 19.2. The second-order valence-electron chi connectivity index (χ2n) is 6.65. The van der Waals surface area contributed by atoms with E-state index in [1.165, 1.54) is 16.9 Å². The van der Waals surface area contributed by atoms with Crippen LogP contribution in [0.4, 0.5) is 5.82 Å². The van der Waals surface area contributed by atoms with Crippen molar-refractivity contribution in [3.63, 3.8) is 0 Å². The predicted molar refractivity (Wildman–Crippen MR) is 110 cm³/mol. The van der Waals surface area contributed by atoms with E-state index in [9.17, 15) is 4.79 Å². The number of carbonyl (C=O) groups excluding carboxylic acids is 1. The molecule has 3 aromatic rings. The van der Waals surface area contributed by atoms with Crippen LogP contribution >= 0.6 is 11.3 Å². The average Bonchev–Trinajstić information content (AvgIpc) is 3.24. The molecule has 6 heteroatoms. The van der Waals surface area contributed by atoms with Gasteiger partial charge in [-0.2, -0.15) is 5.10 Å². The van der Waals surface area contributed by atoms with E-state index in [1.807, 2.05) is 41.3 Å². The Balaban J connectivity index is 1.62. The molecule has 5 nitrogen and oxygen atoms in total. The van der Waals surface area contributed by atoms with E-state index in [4.69, 9.17) is 4.74 Å². The summed E-state index contributed by atoms with van der Waals surface area (Å²) < 4.78 is 7.83. The number of thiophene rings is 1. The van der Waals surface area contributed by atoms with Gasteiger partial charge in [0.25, 0.3) is 5.91 Å². The number of ether oxygens (including phenoxy) is 1. The van der Waals surface area contributed by atoms with Crippen LogP contribution in [-0.2, 0) is 13.2 Å². The lowest BCUT2D eigenvalue weighted by Gasteiger charge is -2.09. The Morgan fingerprint density at radius 3 is 2.85 bits per heavy atom. The number of rotatable bonds is 7. The zero-order valence-electron chi connectivity index (χ0n) is 16.2. The van der Waals surface area contributed by atoms with Gasteiger partial charge in [-0.15, -0.1) is 11.3 Å². The SMILES string of the molecule is CCCn1nc(NC(=O)c2cc(COc3cccc(C)c3C)cs2)cc1C. The highest BCUT2D eigenvalue weighted by atomic mass is 32.1. The van der Waals surface area contributed by atoms with Gasteiger partial charge in [0, 0.05) is 23.9 Å². The Kier molecular flexibility index (Phi) is 5.96. The van der Waals surface area contributed by atoms with Crippen molar-refractivity contribution in [3.8, 4) is 5.75 Å². The van der Waals surface area contributed by atoms with E-state index in [2.05, 4.69) is 37.3 Å². The van der Waals surface area contributed by atoms with Crippen LogP contribution in [0.2, 0.25) is 0 Å². The number of nitrogens with one attached hydrogen (secondary N) is 1. The van der Waals surface area contributed by atoms with Crippen LogP contribution in [0.3, 0.4) is 0 Å². The molecule has 3 rings (SSSR count). The number of carbonyl (C=O) groups is 1. The third kappa shape index (κ3) is 4.57. The number of aryl methyl sites for hydroxylation is 3. The molecule has 0 aliphatic heterocycles. The first-order chi connectivity index (χ1) is 13.0. The highest BCUT2D eigenvalue weighted by Crippen LogP contribution is 2.23. The summed E-state index contributed by atoms with van der Waals surface area (Å²) in [5.41, 5.74) is 4.37. The molecule has 0 bridgehead atoms. The lowest BCUT2D eigenvalue weighted by Crippen LogP contribution is -2.11. The zero-order valence-corrected chi connectivity index (χ0v) is 17.0. The first-order valence-corrected chi connectivity index (χ1v) is 9.98. The molecule has 0 unspecified atom stereocenters. The van der Waals surface area contributed by atoms with E-state index >= 15 is 0 Å². The fourth-order valence-corrected chi connectivity index (χ4v) is 3.59. The summed E-state index contributed by atoms with van der Waals surface area (Å²) in [7, 11) is 0. The molecular formula is C21H25N3O2S. The van der Waals surface area contributed by atoms with Crippen LogP contribution in [0, 0.1) is 20.8 Å². The molecule has 1 N–H and O–H groups in total. The Morgan fingerprint density at radius 1 is 1.26 bits per heavy atom. The van der Waals surface area contributed by atoms with E-state index in [1.54, 1.807) is 0 Å². The van der Waals surface area contributed by atoms with Gasteiger partial charge in [0.2, 0.25) is 0 Å². The maximum atomic E-state index is 12.5. The molecule has 0 saturated heterocycles. The van der Waals surface area contributed by atoms with Gasteiger partial charge in [-0.25, -0.2) is 0 Å². The predicted octanol–water partition coefficient (Wildman–Crippen LogP) is 5.11. The summed E-state index contributed by atoms with van der Waals surface area (Å²) in [6.07, 6.45) is 1.00. The molecule has 2 aromatic heterocycles. The molecule has 2 heterocycles. The number of hydrogen-bond donors (Lipinski definition) is 1. The molecule has 0 aliphatic carbocycles. The molecule has 0 radical (unpaired) electrons. The molecule has 0 spiro atoms. The van der Waals surface area contributed by atoms with Gasteiger partial charge >= 0.3 is 0 Å². The number of benzene rings is 1. The van der Waals surface area contributed by atoms with Gasteiger partial charge in [-0.05, 0) is 55.8 Å². The Morgan fingerprint density at radius 2 is 2.07 bits per heavy atom. The van der Waals surface area contributed by atoms with E-state index in [-0.39, 0.29) is 5.91 Å². The van der Waals surface area contributed by atoms with E-state index in [0.717, 1.165) is 35.5 Å². The standard InChI is InChI=1S/C21H25N3O2S/c1-5-9-24-15(3)10-20(23-24)22-21(25)19-11-17(13-27-19)12-26-18-8-6-7-14(2)16(18)4/h6-8,10-11,13H,5,9,12H2,1-4H3,(H,22,23,25). The molecule has 142 valence electrons. The normalized spacial score (nSPS) is 10.8. The fourth-order valence-electron chi connectivity index (χ4n) is 2.80. The van der Waals surface area contributed by atoms with Crippen molar-refractivity contribution in [2.24, 2.45) is 0 Å². The monoisotopic (exact) mass is 383 g/mol. The summed E-state index contributed by atoms with van der Waals surface area (Å²) in [6.45, 7) is 9.51. The third-order valence-electron chi connectivity index (χ3n) is 4.49. The van der Waals surface area contributed by atoms with Crippen LogP contribution in [0.25, 0.3) is 0 Å². The molecule has 1 aromatic carbocycles. The van der Waals surface area contributed by atoms with E-state index in [0.29, 0.717) is 17.3 Å². The second kappa shape index (κ2) is 8.39. The minimum atomic E-state index is -0.140. The second-order valence-corrected chi connectivity index (χ2v) is 7.57. The smallest absolute Gasteiger partial charge is 0.266 e. The summed E-state index contributed by atoms with van der Waals surface area (Å²) in [5, 5.41) is 9.27. The Labute approximate surface area is 164 Å². The topological polar surface area (TPSA) is 56.2 Å². The minimum absolute atomic E-state index is 0.140. The zero-order chi connectivity index (χ0) is 19.4. The molecule has 0 aliphatic rings. The minimum Gasteiger partial charge on any atom is -0.489 e. The van der Waals surface area contributed by atoms with Crippen molar-refractivity contribution in [3.05, 3.63) is 63.0 Å². The van der Waals surface area contributed by atoms with Crippen molar-refractivity contribution in [2.45, 2.75) is 47.3 Å². The fraction of sp³-hybridized carbons (Fsp3) is 0.333. The van der Waals surface area contributed by atoms with Crippen molar-refractivity contribution in [1.82, 2.24) is 9.78 Å². The number of nitrogens with zero attached hydrogens (tertiary/aromatic N) is 2. The van der Waals surface area contributed by atoms with Crippen molar-refractivity contribution >= 4 is 23.1 Å². The van der Waals surface area contributed by atoms with E-state index < -0.39 is 0 Å². The van der Waals surface area contributed by atoms with Crippen molar-refractivity contribution in [2.75, 3.05) is 5.32 Å². The van der Waals surface area contributed by atoms with Gasteiger partial charge in [-0.1, -0.05) is 19.1 Å². The maximum absolute atomic E-state index is 12.5. The lowest BCUT2D eigenvalue weighted by molar-refractivity contribution is 0.103. The van der Waals surface area contributed by atoms with Crippen LogP contribution in [0.5, 0.6) is 5.75 Å². The van der Waals surface area contributed by atoms with Gasteiger partial charge in [0.15, 0.2) is 5.82 Å². The Bertz CT molecular complexity index is 943. The molecule has 1 amide bonds. The molecule has 0 saturated carbocycles. The molecular weight excluding hydrogens is 358 g/mol. The first-order valence-electron chi connectivity index (χ1n) is 9.10. The number of amides is 1. The van der Waals surface area contributed by atoms with Crippen LogP contribution in [0.1, 0.15) is 45.4 Å². The van der Waals surface area contributed by atoms with Crippen molar-refractivity contribution in [1.29, 1.82) is 0 Å². The van der Waals surface area contributed by atoms with Gasteiger partial charge in [-0.3, -0.25) is 9.48 Å². The maximum Gasteiger partial charge on any atom is 0.266 e. The van der Waals surface area contributed by atoms with Gasteiger partial charge in [0.05, 0.1) is 4.88 Å². The van der Waals surface area contributed by atoms with Gasteiger partial charge in [0.1, 0.15) is 12.4 Å². The molecule has 0 fully saturated rings. The molecule has 27 heavy (non-hydrogen) atoms. The summed E-state index contributed by atoms with van der Waals surface area (Å²) in [6, 6.07) is 9.80. The number of aromatic nitrogens is 2. The Hall–Kier alpha value is -2.60. The van der Waals surface area contributed by atoms with Crippen LogP contribution in [-0.4, -0.2) is 15.7 Å². The lowest BCUT2D eigenvalue weighted by atomic mass is 10.1.